The van der Waals surface area contributed by atoms with Crippen molar-refractivity contribution in [2.45, 2.75) is 51.5 Å². The number of benzene rings is 1. The van der Waals surface area contributed by atoms with Gasteiger partial charge in [0.2, 0.25) is 5.91 Å². The molecule has 1 aliphatic carbocycles. The predicted octanol–water partition coefficient (Wildman–Crippen LogP) is 3.27. The van der Waals surface area contributed by atoms with Crippen molar-refractivity contribution in [2.24, 2.45) is 5.92 Å². The van der Waals surface area contributed by atoms with E-state index in [9.17, 15) is 9.18 Å². The molecule has 1 fully saturated rings. The summed E-state index contributed by atoms with van der Waals surface area (Å²) in [5, 5.41) is 3.16. The van der Waals surface area contributed by atoms with Gasteiger partial charge in [0.25, 0.3) is 0 Å². The molecule has 0 bridgehead atoms. The van der Waals surface area contributed by atoms with Gasteiger partial charge in [0, 0.05) is 12.6 Å². The summed E-state index contributed by atoms with van der Waals surface area (Å²) in [5.41, 5.74) is 1.64. The van der Waals surface area contributed by atoms with E-state index < -0.39 is 0 Å². The third kappa shape index (κ3) is 3.26. The molecule has 0 radical (unpaired) electrons. The molecule has 2 aliphatic rings. The fraction of sp³-hybridized carbons (Fsp3) is 0.611. The van der Waals surface area contributed by atoms with Crippen LogP contribution >= 0.6 is 0 Å². The molecule has 1 heterocycles. The monoisotopic (exact) mass is 304 g/mol. The number of rotatable bonds is 3. The molecule has 1 amide bonds. The van der Waals surface area contributed by atoms with E-state index in [1.807, 2.05) is 11.0 Å². The van der Waals surface area contributed by atoms with Gasteiger partial charge in [-0.05, 0) is 43.2 Å². The van der Waals surface area contributed by atoms with Gasteiger partial charge in [-0.3, -0.25) is 4.79 Å². The zero-order valence-corrected chi connectivity index (χ0v) is 13.3. The number of fused-ring (bicyclic) bond motifs is 1. The first-order valence-corrected chi connectivity index (χ1v) is 8.47. The largest absolute Gasteiger partial charge is 0.360 e. The molecule has 0 saturated heterocycles. The van der Waals surface area contributed by atoms with E-state index in [2.05, 4.69) is 12.2 Å². The molecule has 0 spiro atoms. The first-order chi connectivity index (χ1) is 10.6. The topological polar surface area (TPSA) is 32.3 Å². The van der Waals surface area contributed by atoms with Gasteiger partial charge in [0.1, 0.15) is 5.82 Å². The number of hydrogen-bond acceptors (Lipinski definition) is 2. The maximum absolute atomic E-state index is 14.1. The molecule has 3 nitrogen and oxygen atoms in total. The van der Waals surface area contributed by atoms with Crippen LogP contribution in [-0.4, -0.2) is 25.0 Å². The number of aryl methyl sites for hydroxylation is 1. The highest BCUT2D eigenvalue weighted by Gasteiger charge is 2.26. The molecule has 0 aromatic heterocycles. The Kier molecular flexibility index (Phi) is 4.65. The predicted molar refractivity (Wildman–Crippen MR) is 86.5 cm³/mol. The van der Waals surface area contributed by atoms with Gasteiger partial charge in [-0.2, -0.15) is 0 Å². The van der Waals surface area contributed by atoms with E-state index >= 15 is 0 Å². The third-order valence-corrected chi connectivity index (χ3v) is 5.05. The highest BCUT2D eigenvalue weighted by molar-refractivity contribution is 5.82. The number of halogens is 1. The van der Waals surface area contributed by atoms with Crippen LogP contribution < -0.4 is 10.2 Å². The smallest absolute Gasteiger partial charge is 0.239 e. The molecule has 1 N–H and O–H groups in total. The zero-order valence-electron chi connectivity index (χ0n) is 13.3. The summed E-state index contributed by atoms with van der Waals surface area (Å²) in [6.45, 7) is 3.22. The minimum absolute atomic E-state index is 0.0230. The zero-order chi connectivity index (χ0) is 15.5. The van der Waals surface area contributed by atoms with Crippen molar-refractivity contribution in [3.63, 3.8) is 0 Å². The normalized spacial score (nSPS) is 24.7. The average molecular weight is 304 g/mol. The quantitative estimate of drug-likeness (QED) is 0.929. The Hall–Kier alpha value is -1.58. The van der Waals surface area contributed by atoms with Crippen LogP contribution in [0.3, 0.4) is 0 Å². The van der Waals surface area contributed by atoms with Crippen molar-refractivity contribution < 1.29 is 9.18 Å². The summed E-state index contributed by atoms with van der Waals surface area (Å²) < 4.78 is 14.1. The van der Waals surface area contributed by atoms with Gasteiger partial charge in [-0.25, -0.2) is 4.39 Å². The van der Waals surface area contributed by atoms with Crippen LogP contribution in [0, 0.1) is 11.7 Å². The fourth-order valence-electron chi connectivity index (χ4n) is 3.80. The van der Waals surface area contributed by atoms with Gasteiger partial charge in [0.15, 0.2) is 0 Å². The summed E-state index contributed by atoms with van der Waals surface area (Å²) >= 11 is 0. The van der Waals surface area contributed by atoms with Gasteiger partial charge in [-0.15, -0.1) is 0 Å². The van der Waals surface area contributed by atoms with E-state index in [1.165, 1.54) is 25.3 Å². The first-order valence-electron chi connectivity index (χ1n) is 8.47. The van der Waals surface area contributed by atoms with E-state index in [0.29, 0.717) is 11.6 Å². The van der Waals surface area contributed by atoms with Crippen LogP contribution in [0.25, 0.3) is 0 Å². The maximum atomic E-state index is 14.1. The van der Waals surface area contributed by atoms with Crippen molar-refractivity contribution in [2.75, 3.05) is 18.0 Å². The molecule has 1 saturated carbocycles. The fourth-order valence-corrected chi connectivity index (χ4v) is 3.80. The van der Waals surface area contributed by atoms with Gasteiger partial charge >= 0.3 is 0 Å². The maximum Gasteiger partial charge on any atom is 0.239 e. The molecular formula is C18H25FN2O. The number of nitrogens with zero attached hydrogens (tertiary/aromatic N) is 1. The number of anilines is 1. The van der Waals surface area contributed by atoms with Gasteiger partial charge in [0.05, 0.1) is 12.2 Å². The second kappa shape index (κ2) is 6.67. The summed E-state index contributed by atoms with van der Waals surface area (Å²) in [5.74, 6) is 0.356. The van der Waals surface area contributed by atoms with E-state index in [1.54, 1.807) is 6.07 Å². The van der Waals surface area contributed by atoms with Gasteiger partial charge < -0.3 is 10.2 Å². The summed E-state index contributed by atoms with van der Waals surface area (Å²) in [4.78, 5) is 14.3. The Balaban J connectivity index is 1.65. The second-order valence-corrected chi connectivity index (χ2v) is 6.71. The third-order valence-electron chi connectivity index (χ3n) is 5.05. The molecular weight excluding hydrogens is 279 g/mol. The van der Waals surface area contributed by atoms with Crippen molar-refractivity contribution in [1.82, 2.24) is 5.32 Å². The molecule has 0 unspecified atom stereocenters. The van der Waals surface area contributed by atoms with Crippen LogP contribution in [0.15, 0.2) is 18.2 Å². The van der Waals surface area contributed by atoms with Crippen LogP contribution in [0.2, 0.25) is 0 Å². The SMILES string of the molecule is C[C@H]1CCCC[C@@H]1NC(=O)CN1CCCc2cccc(F)c21. The lowest BCUT2D eigenvalue weighted by Crippen LogP contribution is -2.46. The number of carbonyl (C=O) groups excluding carboxylic acids is 1. The van der Waals surface area contributed by atoms with Crippen molar-refractivity contribution in [3.8, 4) is 0 Å². The Bertz CT molecular complexity index is 546. The number of amides is 1. The van der Waals surface area contributed by atoms with Crippen LogP contribution in [0.4, 0.5) is 10.1 Å². The average Bonchev–Trinajstić information content (AvgIpc) is 2.50. The van der Waals surface area contributed by atoms with Crippen LogP contribution in [-0.2, 0) is 11.2 Å². The Labute approximate surface area is 131 Å². The van der Waals surface area contributed by atoms with E-state index in [0.717, 1.165) is 31.4 Å². The summed E-state index contributed by atoms with van der Waals surface area (Å²) in [6, 6.07) is 5.48. The minimum Gasteiger partial charge on any atom is -0.360 e. The Morgan fingerprint density at radius 1 is 1.32 bits per heavy atom. The standard InChI is InChI=1S/C18H25FN2O/c1-13-6-2-3-10-16(13)20-17(22)12-21-11-5-8-14-7-4-9-15(19)18(14)21/h4,7,9,13,16H,2-3,5-6,8,10-12H2,1H3,(H,20,22)/t13-,16-/m0/s1. The summed E-state index contributed by atoms with van der Waals surface area (Å²) in [6.07, 6.45) is 6.58. The first kappa shape index (κ1) is 15.3. The molecule has 1 aromatic carbocycles. The van der Waals surface area contributed by atoms with Crippen molar-refractivity contribution >= 4 is 11.6 Å². The van der Waals surface area contributed by atoms with E-state index in [-0.39, 0.29) is 24.3 Å². The molecule has 22 heavy (non-hydrogen) atoms. The number of carbonyl (C=O) groups is 1. The molecule has 120 valence electrons. The van der Waals surface area contributed by atoms with Crippen molar-refractivity contribution in [3.05, 3.63) is 29.6 Å². The van der Waals surface area contributed by atoms with Crippen molar-refractivity contribution in [1.29, 1.82) is 0 Å². The van der Waals surface area contributed by atoms with E-state index in [4.69, 9.17) is 0 Å². The lowest BCUT2D eigenvalue weighted by atomic mass is 9.86. The minimum atomic E-state index is -0.212. The molecule has 2 atom stereocenters. The Morgan fingerprint density at radius 2 is 2.14 bits per heavy atom. The van der Waals surface area contributed by atoms with Crippen LogP contribution in [0.1, 0.15) is 44.6 Å². The Morgan fingerprint density at radius 3 is 2.95 bits per heavy atom. The van der Waals surface area contributed by atoms with Crippen LogP contribution in [0.5, 0.6) is 0 Å². The lowest BCUT2D eigenvalue weighted by molar-refractivity contribution is -0.121. The second-order valence-electron chi connectivity index (χ2n) is 6.71. The molecule has 3 rings (SSSR count). The lowest BCUT2D eigenvalue weighted by Gasteiger charge is -2.33. The molecule has 1 aliphatic heterocycles. The number of nitrogens with one attached hydrogen (secondary N) is 1. The molecule has 1 aromatic rings. The van der Waals surface area contributed by atoms with Gasteiger partial charge in [-0.1, -0.05) is 31.9 Å². The number of hydrogen-bond donors (Lipinski definition) is 1. The highest BCUT2D eigenvalue weighted by Crippen LogP contribution is 2.29. The molecule has 4 heteroatoms. The number of para-hydroxylation sites is 1. The highest BCUT2D eigenvalue weighted by atomic mass is 19.1. The summed E-state index contributed by atoms with van der Waals surface area (Å²) in [7, 11) is 0.